The molecule has 0 saturated carbocycles. The molecule has 5 rings (SSSR count). The maximum absolute atomic E-state index is 12.7. The highest BCUT2D eigenvalue weighted by atomic mass is 32.1. The fourth-order valence-corrected chi connectivity index (χ4v) is 4.25. The number of ether oxygens (including phenoxy) is 1. The number of carbonyl (C=O) groups is 2. The number of fused-ring (bicyclic) bond motifs is 2. The van der Waals surface area contributed by atoms with Crippen LogP contribution in [0.25, 0.3) is 21.3 Å². The monoisotopic (exact) mass is 433 g/mol. The maximum atomic E-state index is 12.7. The van der Waals surface area contributed by atoms with Gasteiger partial charge in [0.1, 0.15) is 10.6 Å². The Bertz CT molecular complexity index is 1380. The molecule has 154 valence electrons. The van der Waals surface area contributed by atoms with E-state index < -0.39 is 5.91 Å². The molecule has 0 aliphatic carbocycles. The molecule has 9 nitrogen and oxygen atoms in total. The minimum Gasteiger partial charge on any atom is -0.482 e. The summed E-state index contributed by atoms with van der Waals surface area (Å²) in [5.41, 5.74) is 2.54. The van der Waals surface area contributed by atoms with Crippen molar-refractivity contribution in [1.82, 2.24) is 20.3 Å². The van der Waals surface area contributed by atoms with Crippen LogP contribution in [0.4, 0.5) is 5.69 Å². The SMILES string of the molecule is O=C1COc2ccc(CNC(=O)c3nc4scc(-c5ccncc5)c4c(=O)[nH]3)cc2N1. The molecule has 10 heteroatoms. The number of pyridine rings is 1. The highest BCUT2D eigenvalue weighted by Crippen LogP contribution is 2.30. The zero-order valence-corrected chi connectivity index (χ0v) is 16.8. The Kier molecular flexibility index (Phi) is 4.68. The number of aromatic nitrogens is 3. The van der Waals surface area contributed by atoms with Gasteiger partial charge in [0.2, 0.25) is 5.82 Å². The zero-order chi connectivity index (χ0) is 21.4. The molecule has 0 unspecified atom stereocenters. The molecule has 0 saturated heterocycles. The molecular formula is C21H15N5O4S. The Hall–Kier alpha value is -4.05. The molecule has 3 N–H and O–H groups in total. The minimum atomic E-state index is -0.504. The number of aromatic amines is 1. The fraction of sp³-hybridized carbons (Fsp3) is 0.0952. The molecule has 0 spiro atoms. The Morgan fingerprint density at radius 3 is 2.87 bits per heavy atom. The van der Waals surface area contributed by atoms with Gasteiger partial charge in [0.15, 0.2) is 6.61 Å². The van der Waals surface area contributed by atoms with Crippen molar-refractivity contribution in [3.05, 3.63) is 69.8 Å². The number of rotatable bonds is 4. The summed E-state index contributed by atoms with van der Waals surface area (Å²) in [5, 5.41) is 7.74. The lowest BCUT2D eigenvalue weighted by Gasteiger charge is -2.18. The first-order valence-corrected chi connectivity index (χ1v) is 10.2. The Balaban J connectivity index is 1.36. The predicted octanol–water partition coefficient (Wildman–Crippen LogP) is 2.31. The van der Waals surface area contributed by atoms with Gasteiger partial charge in [-0.1, -0.05) is 6.07 Å². The average Bonchev–Trinajstić information content (AvgIpc) is 3.22. The van der Waals surface area contributed by atoms with E-state index in [0.29, 0.717) is 21.7 Å². The number of nitrogens with zero attached hydrogens (tertiary/aromatic N) is 2. The van der Waals surface area contributed by atoms with Crippen molar-refractivity contribution in [3.63, 3.8) is 0 Å². The van der Waals surface area contributed by atoms with Gasteiger partial charge in [0.05, 0.1) is 11.1 Å². The van der Waals surface area contributed by atoms with Gasteiger partial charge >= 0.3 is 0 Å². The third-order valence-corrected chi connectivity index (χ3v) is 5.65. The van der Waals surface area contributed by atoms with E-state index in [1.54, 1.807) is 30.6 Å². The molecule has 0 radical (unpaired) electrons. The molecule has 1 aliphatic rings. The van der Waals surface area contributed by atoms with Crippen LogP contribution in [0.15, 0.2) is 52.9 Å². The number of anilines is 1. The van der Waals surface area contributed by atoms with Crippen LogP contribution in [0, 0.1) is 0 Å². The van der Waals surface area contributed by atoms with E-state index in [9.17, 15) is 14.4 Å². The van der Waals surface area contributed by atoms with Crippen LogP contribution in [-0.4, -0.2) is 33.4 Å². The quantitative estimate of drug-likeness (QED) is 0.453. The van der Waals surface area contributed by atoms with Gasteiger partial charge in [-0.05, 0) is 35.4 Å². The number of hydrogen-bond acceptors (Lipinski definition) is 7. The van der Waals surface area contributed by atoms with Gasteiger partial charge in [-0.15, -0.1) is 11.3 Å². The summed E-state index contributed by atoms with van der Waals surface area (Å²) < 4.78 is 5.32. The van der Waals surface area contributed by atoms with E-state index in [-0.39, 0.29) is 30.4 Å². The van der Waals surface area contributed by atoms with Gasteiger partial charge in [0, 0.05) is 29.9 Å². The van der Waals surface area contributed by atoms with Crippen molar-refractivity contribution in [2.45, 2.75) is 6.54 Å². The van der Waals surface area contributed by atoms with Crippen LogP contribution in [0.5, 0.6) is 5.75 Å². The van der Waals surface area contributed by atoms with Gasteiger partial charge in [-0.25, -0.2) is 4.98 Å². The number of amides is 2. The second-order valence-electron chi connectivity index (χ2n) is 6.83. The first-order valence-electron chi connectivity index (χ1n) is 9.34. The van der Waals surface area contributed by atoms with E-state index in [4.69, 9.17) is 4.74 Å². The molecule has 1 aliphatic heterocycles. The highest BCUT2D eigenvalue weighted by molar-refractivity contribution is 7.17. The highest BCUT2D eigenvalue weighted by Gasteiger charge is 2.18. The van der Waals surface area contributed by atoms with Crippen molar-refractivity contribution < 1.29 is 14.3 Å². The number of benzene rings is 1. The Labute approximate surface area is 179 Å². The Morgan fingerprint density at radius 2 is 2.03 bits per heavy atom. The molecular weight excluding hydrogens is 418 g/mol. The minimum absolute atomic E-state index is 0.0177. The van der Waals surface area contributed by atoms with Gasteiger partial charge in [-0.2, -0.15) is 0 Å². The van der Waals surface area contributed by atoms with Crippen molar-refractivity contribution in [1.29, 1.82) is 0 Å². The standard InChI is InChI=1S/C21H15N5O4S/c27-16-9-30-15-2-1-11(7-14(15)24-16)8-23-20(29)18-25-19(28)17-13(10-31-21(17)26-18)12-3-5-22-6-4-12/h1-7,10H,8-9H2,(H,23,29)(H,24,27)(H,25,26,28). The van der Waals surface area contributed by atoms with E-state index in [1.165, 1.54) is 11.3 Å². The number of thiophene rings is 1. The van der Waals surface area contributed by atoms with Crippen LogP contribution in [0.1, 0.15) is 16.2 Å². The molecule has 0 fully saturated rings. The third-order valence-electron chi connectivity index (χ3n) is 4.78. The number of hydrogen-bond donors (Lipinski definition) is 3. The summed E-state index contributed by atoms with van der Waals surface area (Å²) in [6.07, 6.45) is 3.31. The van der Waals surface area contributed by atoms with E-state index in [1.807, 2.05) is 17.5 Å². The Morgan fingerprint density at radius 1 is 1.19 bits per heavy atom. The lowest BCUT2D eigenvalue weighted by molar-refractivity contribution is -0.118. The summed E-state index contributed by atoms with van der Waals surface area (Å²) in [5.74, 6) is -0.217. The summed E-state index contributed by atoms with van der Waals surface area (Å²) in [6.45, 7) is 0.173. The molecule has 31 heavy (non-hydrogen) atoms. The van der Waals surface area contributed by atoms with E-state index >= 15 is 0 Å². The van der Waals surface area contributed by atoms with Crippen LogP contribution < -0.4 is 20.9 Å². The topological polar surface area (TPSA) is 126 Å². The predicted molar refractivity (Wildman–Crippen MR) is 115 cm³/mol. The van der Waals surface area contributed by atoms with E-state index in [2.05, 4.69) is 25.6 Å². The number of H-pyrrole nitrogens is 1. The number of nitrogens with one attached hydrogen (secondary N) is 3. The summed E-state index contributed by atoms with van der Waals surface area (Å²) >= 11 is 1.30. The largest absolute Gasteiger partial charge is 0.482 e. The lowest BCUT2D eigenvalue weighted by Crippen LogP contribution is -2.28. The number of carbonyl (C=O) groups excluding carboxylic acids is 2. The first-order chi connectivity index (χ1) is 15.1. The van der Waals surface area contributed by atoms with Gasteiger partial charge in [-0.3, -0.25) is 19.4 Å². The molecule has 3 aromatic heterocycles. The van der Waals surface area contributed by atoms with Gasteiger partial charge in [0.25, 0.3) is 17.4 Å². The van der Waals surface area contributed by atoms with Crippen LogP contribution >= 0.6 is 11.3 Å². The molecule has 4 aromatic rings. The van der Waals surface area contributed by atoms with Crippen LogP contribution in [0.2, 0.25) is 0 Å². The van der Waals surface area contributed by atoms with Crippen molar-refractivity contribution in [3.8, 4) is 16.9 Å². The third kappa shape index (κ3) is 3.64. The normalized spacial score (nSPS) is 12.7. The summed E-state index contributed by atoms with van der Waals surface area (Å²) in [4.78, 5) is 48.1. The maximum Gasteiger partial charge on any atom is 0.287 e. The second-order valence-corrected chi connectivity index (χ2v) is 7.69. The van der Waals surface area contributed by atoms with Crippen LogP contribution in [-0.2, 0) is 11.3 Å². The zero-order valence-electron chi connectivity index (χ0n) is 16.0. The fourth-order valence-electron chi connectivity index (χ4n) is 3.31. The summed E-state index contributed by atoms with van der Waals surface area (Å²) in [6, 6.07) is 8.87. The molecule has 0 atom stereocenters. The van der Waals surface area contributed by atoms with Gasteiger partial charge < -0.3 is 20.4 Å². The second kappa shape index (κ2) is 7.65. The smallest absolute Gasteiger partial charge is 0.287 e. The lowest BCUT2D eigenvalue weighted by atomic mass is 10.1. The molecule has 4 heterocycles. The van der Waals surface area contributed by atoms with Crippen molar-refractivity contribution in [2.75, 3.05) is 11.9 Å². The average molecular weight is 433 g/mol. The molecule has 0 bridgehead atoms. The van der Waals surface area contributed by atoms with Crippen LogP contribution in [0.3, 0.4) is 0 Å². The van der Waals surface area contributed by atoms with Crippen molar-refractivity contribution >= 4 is 39.1 Å². The van der Waals surface area contributed by atoms with Crippen molar-refractivity contribution in [2.24, 2.45) is 0 Å². The summed E-state index contributed by atoms with van der Waals surface area (Å²) in [7, 11) is 0. The molecule has 1 aromatic carbocycles. The molecule has 2 amide bonds. The van der Waals surface area contributed by atoms with E-state index in [0.717, 1.165) is 16.7 Å². The first kappa shape index (κ1) is 18.9.